The number of benzene rings is 2. The number of phenolic OH excluding ortho intramolecular Hbond substituents is 1. The molecule has 1 aliphatic carbocycles. The number of carbonyl (C=O) groups is 7. The molecule has 0 saturated heterocycles. The van der Waals surface area contributed by atoms with Crippen LogP contribution in [0.2, 0.25) is 0 Å². The summed E-state index contributed by atoms with van der Waals surface area (Å²) < 4.78 is 65.7. The van der Waals surface area contributed by atoms with Gasteiger partial charge in [0.2, 0.25) is 9.84 Å². The Morgan fingerprint density at radius 2 is 1.09 bits per heavy atom. The first-order chi connectivity index (χ1) is 35.8. The molecule has 0 aromatic heterocycles. The van der Waals surface area contributed by atoms with Crippen LogP contribution in [-0.4, -0.2) is 114 Å². The predicted molar refractivity (Wildman–Crippen MR) is 277 cm³/mol. The van der Waals surface area contributed by atoms with Gasteiger partial charge in [0.15, 0.2) is 0 Å². The summed E-state index contributed by atoms with van der Waals surface area (Å²) >= 11 is 0. The number of aromatic hydroxyl groups is 1. The summed E-state index contributed by atoms with van der Waals surface area (Å²) in [6.45, 7) is 26.4. The lowest BCUT2D eigenvalue weighted by Crippen LogP contribution is -2.50. The van der Waals surface area contributed by atoms with Gasteiger partial charge in [0, 0.05) is 48.5 Å². The van der Waals surface area contributed by atoms with Crippen molar-refractivity contribution < 1.29 is 85.1 Å². The first-order valence-corrected chi connectivity index (χ1v) is 25.2. The van der Waals surface area contributed by atoms with Crippen molar-refractivity contribution in [3.8, 4) is 11.5 Å². The fourth-order valence-corrected chi connectivity index (χ4v) is 9.88. The van der Waals surface area contributed by atoms with Crippen molar-refractivity contribution in [2.24, 2.45) is 21.7 Å². The van der Waals surface area contributed by atoms with Gasteiger partial charge in [0.1, 0.15) is 44.5 Å². The molecule has 0 aliphatic heterocycles. The van der Waals surface area contributed by atoms with Crippen LogP contribution in [0.25, 0.3) is 0 Å². The summed E-state index contributed by atoms with van der Waals surface area (Å²) in [6, 6.07) is 7.60. The molecule has 20 nitrogen and oxygen atoms in total. The minimum atomic E-state index is -4.05. The lowest BCUT2D eigenvalue weighted by atomic mass is 9.63. The highest BCUT2D eigenvalue weighted by Crippen LogP contribution is 2.46. The Bertz CT molecular complexity index is 2550. The molecule has 0 bridgehead atoms. The van der Waals surface area contributed by atoms with Crippen LogP contribution in [0.5, 0.6) is 11.5 Å². The third-order valence-electron chi connectivity index (χ3n) is 11.8. The number of sulfone groups is 1. The van der Waals surface area contributed by atoms with E-state index in [1.165, 1.54) is 42.5 Å². The molecule has 0 spiro atoms. The number of allylic oxidation sites excluding steroid dienone is 2. The van der Waals surface area contributed by atoms with E-state index in [0.29, 0.717) is 30.4 Å². The van der Waals surface area contributed by atoms with Gasteiger partial charge in [-0.2, -0.15) is 0 Å². The SMILES string of the molecule is C=CCc1cc(S(=O)(=O)c2ccc(OC(=O)NCC3(C)CC(NOC(=O)CC(COCC(COC(=O)C=C)(COC(=O)C=C)COC(=O)C=C)(COC(=O)C=C)COC(=O)C=C)CC(C)(C)C3)c(CC=C)c2)ccc1O. The van der Waals surface area contributed by atoms with Crippen LogP contribution in [0.4, 0.5) is 4.79 Å². The van der Waals surface area contributed by atoms with Gasteiger partial charge in [-0.15, -0.1) is 18.6 Å². The number of carbonyl (C=O) groups excluding carboxylic acids is 7. The van der Waals surface area contributed by atoms with Crippen molar-refractivity contribution in [2.75, 3.05) is 52.8 Å². The van der Waals surface area contributed by atoms with E-state index in [1.54, 1.807) is 6.08 Å². The van der Waals surface area contributed by atoms with E-state index in [4.69, 9.17) is 38.0 Å². The van der Waals surface area contributed by atoms with Crippen molar-refractivity contribution in [3.05, 3.63) is 136 Å². The minimum absolute atomic E-state index is 0.0404. The zero-order valence-corrected chi connectivity index (χ0v) is 44.0. The Kier molecular flexibility index (Phi) is 23.8. The Labute approximate surface area is 443 Å². The van der Waals surface area contributed by atoms with E-state index < -0.39 is 127 Å². The third kappa shape index (κ3) is 19.6. The monoisotopic (exact) mass is 1080 g/mol. The van der Waals surface area contributed by atoms with Crippen molar-refractivity contribution in [1.29, 1.82) is 0 Å². The zero-order valence-electron chi connectivity index (χ0n) is 43.2. The Balaban J connectivity index is 1.83. The highest BCUT2D eigenvalue weighted by Gasteiger charge is 2.44. The van der Waals surface area contributed by atoms with Gasteiger partial charge < -0.3 is 48.4 Å². The number of hydrogen-bond donors (Lipinski definition) is 3. The average molecular weight is 1080 g/mol. The maximum absolute atomic E-state index is 13.9. The van der Waals surface area contributed by atoms with E-state index >= 15 is 0 Å². The van der Waals surface area contributed by atoms with Crippen molar-refractivity contribution in [3.63, 3.8) is 0 Å². The van der Waals surface area contributed by atoms with Crippen molar-refractivity contribution >= 4 is 51.7 Å². The molecule has 1 fully saturated rings. The molecule has 1 aliphatic rings. The highest BCUT2D eigenvalue weighted by molar-refractivity contribution is 7.91. The van der Waals surface area contributed by atoms with Crippen LogP contribution in [0, 0.1) is 21.7 Å². The molecule has 2 aromatic rings. The second kappa shape index (κ2) is 28.9. The van der Waals surface area contributed by atoms with Gasteiger partial charge in [-0.1, -0.05) is 65.8 Å². The van der Waals surface area contributed by atoms with E-state index in [2.05, 4.69) is 56.8 Å². The molecule has 412 valence electrons. The van der Waals surface area contributed by atoms with Crippen LogP contribution >= 0.6 is 0 Å². The molecular weight excluding hydrogens is 1010 g/mol. The third-order valence-corrected chi connectivity index (χ3v) is 13.6. The Morgan fingerprint density at radius 3 is 1.58 bits per heavy atom. The fourth-order valence-electron chi connectivity index (χ4n) is 8.51. The standard InChI is InChI=1S/C55H68N2O18S/c1-11-18-38-24-41(20-22-43(38)58)76(66,67)42-21-23-44(39(25-42)19-12-2)74-51(65)56-30-53(10)27-40(26-52(8,9)29-53)57-75-50(64)28-54(33-69-45(59)13-3,34-70-46(60)14-4)31-68-32-55(35-71-47(61)15-5,36-72-48(62)16-6)37-73-49(63)17-7/h11-17,20-25,40,57-58H,1-7,18-19,26-37H2,8-10H3,(H,56,65). The second-order valence-electron chi connectivity index (χ2n) is 19.4. The number of ether oxygens (including phenoxy) is 7. The number of nitrogens with one attached hydrogen (secondary N) is 2. The van der Waals surface area contributed by atoms with Crippen LogP contribution in [0.3, 0.4) is 0 Å². The number of amides is 1. The van der Waals surface area contributed by atoms with Gasteiger partial charge in [-0.3, -0.25) is 4.79 Å². The summed E-state index contributed by atoms with van der Waals surface area (Å²) in [6.07, 6.45) is 7.89. The Morgan fingerprint density at radius 1 is 0.645 bits per heavy atom. The summed E-state index contributed by atoms with van der Waals surface area (Å²) in [5, 5.41) is 13.0. The lowest BCUT2D eigenvalue weighted by Gasteiger charge is -2.46. The van der Waals surface area contributed by atoms with Crippen LogP contribution in [0.15, 0.2) is 135 Å². The molecule has 2 atom stereocenters. The van der Waals surface area contributed by atoms with Crippen molar-refractivity contribution in [2.45, 2.75) is 75.1 Å². The molecule has 2 unspecified atom stereocenters. The molecule has 3 N–H and O–H groups in total. The molecule has 1 amide bonds. The molecule has 0 heterocycles. The molecule has 2 aromatic carbocycles. The number of phenols is 1. The van der Waals surface area contributed by atoms with Gasteiger partial charge in [0.05, 0.1) is 40.3 Å². The van der Waals surface area contributed by atoms with Crippen LogP contribution in [-0.2, 0) is 84.7 Å². The quantitative estimate of drug-likeness (QED) is 0.0234. The molecule has 3 rings (SSSR count). The first-order valence-electron chi connectivity index (χ1n) is 23.7. The Hall–Kier alpha value is -7.62. The molecule has 76 heavy (non-hydrogen) atoms. The fraction of sp³-hybridized carbons (Fsp3) is 0.400. The summed E-state index contributed by atoms with van der Waals surface area (Å²) in [7, 11) is -4.05. The normalized spacial score (nSPS) is 16.0. The van der Waals surface area contributed by atoms with Gasteiger partial charge >= 0.3 is 41.9 Å². The van der Waals surface area contributed by atoms with E-state index in [-0.39, 0.29) is 46.1 Å². The predicted octanol–water partition coefficient (Wildman–Crippen LogP) is 6.43. The zero-order chi connectivity index (χ0) is 56.7. The number of esters is 5. The molecule has 0 radical (unpaired) electrons. The number of rotatable bonds is 32. The first kappa shape index (κ1) is 62.7. The van der Waals surface area contributed by atoms with Crippen molar-refractivity contribution in [1.82, 2.24) is 10.8 Å². The smallest absolute Gasteiger partial charge is 0.412 e. The minimum Gasteiger partial charge on any atom is -0.508 e. The molecule has 21 heteroatoms. The average Bonchev–Trinajstić information content (AvgIpc) is 3.38. The summed E-state index contributed by atoms with van der Waals surface area (Å²) in [5.74, 6) is -5.34. The largest absolute Gasteiger partial charge is 0.508 e. The summed E-state index contributed by atoms with van der Waals surface area (Å²) in [5.41, 5.74) is -0.680. The van der Waals surface area contributed by atoms with Gasteiger partial charge in [-0.05, 0) is 84.9 Å². The maximum Gasteiger partial charge on any atom is 0.412 e. The number of hydrogen-bond acceptors (Lipinski definition) is 19. The molecule has 1 saturated carbocycles. The lowest BCUT2D eigenvalue weighted by molar-refractivity contribution is -0.174. The van der Waals surface area contributed by atoms with E-state index in [1.807, 2.05) is 20.8 Å². The highest BCUT2D eigenvalue weighted by atomic mass is 32.2. The molecular formula is C55H68N2O18S. The summed E-state index contributed by atoms with van der Waals surface area (Å²) in [4.78, 5) is 94.3. The number of hydroxylamine groups is 1. The van der Waals surface area contributed by atoms with E-state index in [0.717, 1.165) is 30.4 Å². The second-order valence-corrected chi connectivity index (χ2v) is 21.3. The van der Waals surface area contributed by atoms with Crippen LogP contribution < -0.4 is 15.5 Å². The van der Waals surface area contributed by atoms with E-state index in [9.17, 15) is 47.1 Å². The maximum atomic E-state index is 13.9. The van der Waals surface area contributed by atoms with Gasteiger partial charge in [-0.25, -0.2) is 37.2 Å². The van der Waals surface area contributed by atoms with Gasteiger partial charge in [0.25, 0.3) is 0 Å². The topological polar surface area (TPSA) is 272 Å². The van der Waals surface area contributed by atoms with Crippen LogP contribution in [0.1, 0.15) is 57.6 Å².